The van der Waals surface area contributed by atoms with Crippen LogP contribution in [0.1, 0.15) is 23.6 Å². The van der Waals surface area contributed by atoms with Crippen LogP contribution in [0.5, 0.6) is 0 Å². The van der Waals surface area contributed by atoms with Crippen molar-refractivity contribution in [1.82, 2.24) is 9.78 Å². The summed E-state index contributed by atoms with van der Waals surface area (Å²) in [5, 5.41) is 5.70. The van der Waals surface area contributed by atoms with Crippen molar-refractivity contribution in [2.24, 2.45) is 0 Å². The van der Waals surface area contributed by atoms with Crippen LogP contribution in [-0.2, 0) is 16.1 Å². The Labute approximate surface area is 161 Å². The van der Waals surface area contributed by atoms with Crippen molar-refractivity contribution in [2.45, 2.75) is 18.9 Å². The Kier molecular flexibility index (Phi) is 5.72. The minimum atomic E-state index is -0.441. The average Bonchev–Trinajstić information content (AvgIpc) is 3.02. The van der Waals surface area contributed by atoms with Gasteiger partial charge in [-0.25, -0.2) is 11.0 Å². The first-order valence-electron chi connectivity index (χ1n) is 8.35. The summed E-state index contributed by atoms with van der Waals surface area (Å²) >= 11 is 5.88. The first kappa shape index (κ1) is 18.9. The Morgan fingerprint density at radius 3 is 2.85 bits per heavy atom. The van der Waals surface area contributed by atoms with Crippen LogP contribution in [0.3, 0.4) is 0 Å². The second-order valence-corrected chi connectivity index (χ2v) is 6.46. The summed E-state index contributed by atoms with van der Waals surface area (Å²) in [5.74, 6) is -1.30. The topological polar surface area (TPSA) is 48.5 Å². The molecule has 0 saturated heterocycles. The summed E-state index contributed by atoms with van der Waals surface area (Å²) in [6.07, 6.45) is 0.404. The van der Waals surface area contributed by atoms with Crippen LogP contribution in [0.25, 0.3) is 15.7 Å². The maximum atomic E-state index is 14.6. The Morgan fingerprint density at radius 1 is 1.37 bits per heavy atom. The Morgan fingerprint density at radius 2 is 2.15 bits per heavy atom. The highest BCUT2D eigenvalue weighted by Crippen LogP contribution is 2.35. The van der Waals surface area contributed by atoms with Crippen LogP contribution in [0, 0.1) is 12.4 Å². The molecule has 0 radical (unpaired) electrons. The van der Waals surface area contributed by atoms with Crippen molar-refractivity contribution >= 4 is 28.5 Å². The molecule has 0 aliphatic rings. The van der Waals surface area contributed by atoms with Crippen LogP contribution in [0.15, 0.2) is 42.5 Å². The molecule has 0 fully saturated rings. The van der Waals surface area contributed by atoms with Gasteiger partial charge in [-0.05, 0) is 23.8 Å². The number of carbonyl (C=O) groups excluding carboxylic acids is 1. The van der Waals surface area contributed by atoms with Gasteiger partial charge in [0.1, 0.15) is 12.4 Å². The van der Waals surface area contributed by atoms with Gasteiger partial charge in [0, 0.05) is 22.7 Å². The van der Waals surface area contributed by atoms with E-state index in [0.29, 0.717) is 22.7 Å². The molecule has 0 aliphatic heterocycles. The highest BCUT2D eigenvalue weighted by atomic mass is 35.5. The molecule has 0 N–H and O–H groups in total. The van der Waals surface area contributed by atoms with Gasteiger partial charge >= 0.3 is 5.97 Å². The second-order valence-electron chi connectivity index (χ2n) is 6.02. The first-order chi connectivity index (χ1) is 13.0. The number of nitrogens with zero attached hydrogens (tertiary/aromatic N) is 3. The number of para-hydroxylation sites is 1. The number of esters is 1. The number of rotatable bonds is 6. The number of hydrogen-bond donors (Lipinski definition) is 0. The van der Waals surface area contributed by atoms with E-state index in [0.717, 1.165) is 10.9 Å². The third-order valence-corrected chi connectivity index (χ3v) is 4.63. The molecule has 0 aliphatic carbocycles. The van der Waals surface area contributed by atoms with Gasteiger partial charge in [-0.15, -0.1) is 0 Å². The summed E-state index contributed by atoms with van der Waals surface area (Å²) in [4.78, 5) is 15.2. The number of hydrogen-bond acceptors (Lipinski definition) is 3. The van der Waals surface area contributed by atoms with E-state index in [1.165, 1.54) is 13.2 Å². The number of methoxy groups -OCH3 is 1. The zero-order valence-corrected chi connectivity index (χ0v) is 15.4. The molecule has 1 atom stereocenters. The third kappa shape index (κ3) is 3.93. The lowest BCUT2D eigenvalue weighted by Crippen LogP contribution is -2.13. The van der Waals surface area contributed by atoms with Crippen molar-refractivity contribution in [3.8, 4) is 0 Å². The van der Waals surface area contributed by atoms with Crippen LogP contribution >= 0.6 is 11.6 Å². The fourth-order valence-corrected chi connectivity index (χ4v) is 3.29. The molecular weight excluding hydrogens is 369 g/mol. The summed E-state index contributed by atoms with van der Waals surface area (Å²) in [6, 6.07) is 11.9. The van der Waals surface area contributed by atoms with E-state index in [1.54, 1.807) is 16.8 Å². The van der Waals surface area contributed by atoms with Gasteiger partial charge in [0.2, 0.25) is 6.54 Å². The maximum absolute atomic E-state index is 14.6. The SMILES string of the molecule is [C-]#[N+]CCC(c1ccc(Cl)cc1F)c1nn(CC(=O)OC)c2ccccc12. The molecule has 0 amide bonds. The van der Waals surface area contributed by atoms with Crippen LogP contribution in [0.4, 0.5) is 4.39 Å². The normalized spacial score (nSPS) is 11.9. The minimum absolute atomic E-state index is 0.0460. The average molecular weight is 386 g/mol. The quantitative estimate of drug-likeness (QED) is 0.465. The summed E-state index contributed by atoms with van der Waals surface area (Å²) in [5.41, 5.74) is 1.80. The monoisotopic (exact) mass is 385 g/mol. The fraction of sp³-hybridized carbons (Fsp3) is 0.250. The predicted molar refractivity (Wildman–Crippen MR) is 101 cm³/mol. The first-order valence-corrected chi connectivity index (χ1v) is 8.73. The smallest absolute Gasteiger partial charge is 0.327 e. The molecular formula is C20H17ClFN3O2. The summed E-state index contributed by atoms with van der Waals surface area (Å²) < 4.78 is 20.9. The molecule has 7 heteroatoms. The van der Waals surface area contributed by atoms with Gasteiger partial charge in [-0.3, -0.25) is 9.48 Å². The van der Waals surface area contributed by atoms with E-state index in [2.05, 4.69) is 9.94 Å². The highest BCUT2D eigenvalue weighted by molar-refractivity contribution is 6.30. The second kappa shape index (κ2) is 8.19. The molecule has 3 rings (SSSR count). The van der Waals surface area contributed by atoms with Gasteiger partial charge in [0.05, 0.1) is 18.3 Å². The lowest BCUT2D eigenvalue weighted by molar-refractivity contribution is -0.141. The van der Waals surface area contributed by atoms with E-state index in [1.807, 2.05) is 24.3 Å². The predicted octanol–water partition coefficient (Wildman–Crippen LogP) is 4.44. The molecule has 0 bridgehead atoms. The zero-order valence-electron chi connectivity index (χ0n) is 14.7. The lowest BCUT2D eigenvalue weighted by atomic mass is 9.90. The third-order valence-electron chi connectivity index (χ3n) is 4.39. The zero-order chi connectivity index (χ0) is 19.4. The van der Waals surface area contributed by atoms with Crippen molar-refractivity contribution in [2.75, 3.05) is 13.7 Å². The Bertz CT molecular complexity index is 1030. The van der Waals surface area contributed by atoms with Crippen molar-refractivity contribution in [3.05, 3.63) is 76.0 Å². The minimum Gasteiger partial charge on any atom is -0.468 e. The molecule has 5 nitrogen and oxygen atoms in total. The van der Waals surface area contributed by atoms with Crippen molar-refractivity contribution in [3.63, 3.8) is 0 Å². The molecule has 27 heavy (non-hydrogen) atoms. The summed E-state index contributed by atoms with van der Waals surface area (Å²) in [6.45, 7) is 7.30. The largest absolute Gasteiger partial charge is 0.468 e. The molecule has 0 saturated carbocycles. The van der Waals surface area contributed by atoms with E-state index in [4.69, 9.17) is 22.9 Å². The fourth-order valence-electron chi connectivity index (χ4n) is 3.14. The number of benzene rings is 2. The maximum Gasteiger partial charge on any atom is 0.327 e. The highest BCUT2D eigenvalue weighted by Gasteiger charge is 2.25. The molecule has 0 spiro atoms. The van der Waals surface area contributed by atoms with Crippen molar-refractivity contribution in [1.29, 1.82) is 0 Å². The van der Waals surface area contributed by atoms with E-state index in [9.17, 15) is 9.18 Å². The van der Waals surface area contributed by atoms with E-state index < -0.39 is 17.7 Å². The van der Waals surface area contributed by atoms with Crippen LogP contribution in [-0.4, -0.2) is 29.4 Å². The standard InChI is InChI=1S/C20H17ClFN3O2/c1-23-10-9-15(14-8-7-13(21)11-17(14)22)20-16-5-3-4-6-18(16)25(24-20)12-19(26)27-2/h3-8,11,15H,9-10,12H2,2H3. The molecule has 138 valence electrons. The number of ether oxygens (including phenoxy) is 1. The van der Waals surface area contributed by atoms with Gasteiger partial charge < -0.3 is 9.58 Å². The van der Waals surface area contributed by atoms with Gasteiger partial charge in [0.25, 0.3) is 0 Å². The van der Waals surface area contributed by atoms with Crippen LogP contribution < -0.4 is 0 Å². The molecule has 1 aromatic heterocycles. The number of fused-ring (bicyclic) bond motifs is 1. The number of carbonyl (C=O) groups is 1. The van der Waals surface area contributed by atoms with E-state index in [-0.39, 0.29) is 13.1 Å². The lowest BCUT2D eigenvalue weighted by Gasteiger charge is -2.14. The van der Waals surface area contributed by atoms with Gasteiger partial charge in [-0.2, -0.15) is 5.10 Å². The number of halogens is 2. The van der Waals surface area contributed by atoms with Crippen molar-refractivity contribution < 1.29 is 13.9 Å². The van der Waals surface area contributed by atoms with E-state index >= 15 is 0 Å². The molecule has 2 aromatic carbocycles. The molecule has 3 aromatic rings. The van der Waals surface area contributed by atoms with Crippen LogP contribution in [0.2, 0.25) is 5.02 Å². The number of aromatic nitrogens is 2. The molecule has 1 unspecified atom stereocenters. The Hall–Kier alpha value is -2.91. The van der Waals surface area contributed by atoms with Gasteiger partial charge in [0.15, 0.2) is 0 Å². The summed E-state index contributed by atoms with van der Waals surface area (Å²) in [7, 11) is 1.32. The van der Waals surface area contributed by atoms with Gasteiger partial charge in [-0.1, -0.05) is 35.9 Å². The molecule has 1 heterocycles. The Balaban J connectivity index is 2.15.